The van der Waals surface area contributed by atoms with Crippen molar-refractivity contribution in [2.75, 3.05) is 0 Å². The Hall–Kier alpha value is -0.0600. The standard InChI is InChI=1S/C6H8N3PS2/c7-12-9-11-6(10)5-1-3-8-4-2-5/h1-4,9-10H,7H2. The number of rotatable bonds is 4. The molecular weight excluding hydrogens is 209 g/mol. The highest BCUT2D eigenvalue weighted by molar-refractivity contribution is 8.23. The van der Waals surface area contributed by atoms with Crippen LogP contribution in [0.2, 0.25) is 0 Å². The van der Waals surface area contributed by atoms with Gasteiger partial charge in [-0.25, -0.2) is 0 Å². The molecule has 0 aromatic carbocycles. The molecule has 0 spiro atoms. The molecule has 0 radical (unpaired) electrons. The molecule has 1 rings (SSSR count). The predicted molar refractivity (Wildman–Crippen MR) is 59.2 cm³/mol. The van der Waals surface area contributed by atoms with Gasteiger partial charge in [-0.2, -0.15) is 4.13 Å². The van der Waals surface area contributed by atoms with Crippen LogP contribution in [0.3, 0.4) is 0 Å². The highest BCUT2D eigenvalue weighted by atomic mass is 32.2. The molecule has 0 amide bonds. The minimum absolute atomic E-state index is 0.982. The van der Waals surface area contributed by atoms with Crippen molar-refractivity contribution in [2.45, 2.75) is 0 Å². The quantitative estimate of drug-likeness (QED) is 0.590. The maximum Gasteiger partial charge on any atom is 0.0507 e. The van der Waals surface area contributed by atoms with E-state index in [1.54, 1.807) is 12.4 Å². The number of hydrogen-bond donors (Lipinski definition) is 2. The summed E-state index contributed by atoms with van der Waals surface area (Å²) in [4.78, 5) is 3.91. The summed E-state index contributed by atoms with van der Waals surface area (Å²) in [5.74, 6) is 0. The maximum absolute atomic E-state index is 5.19. The molecule has 1 aromatic rings. The topological polar surface area (TPSA) is 50.9 Å². The van der Waals surface area contributed by atoms with E-state index in [2.05, 4.69) is 18.0 Å². The van der Waals surface area contributed by atoms with Crippen LogP contribution in [0.25, 0.3) is 0 Å². The Labute approximate surface area is 82.1 Å². The highest BCUT2D eigenvalue weighted by Gasteiger charge is 1.97. The Kier molecular flexibility index (Phi) is 4.65. The van der Waals surface area contributed by atoms with Crippen LogP contribution < -0.4 is 9.27 Å². The van der Waals surface area contributed by atoms with Crippen LogP contribution >= 0.6 is 32.9 Å². The van der Waals surface area contributed by atoms with Gasteiger partial charge in [-0.1, -0.05) is 0 Å². The first-order chi connectivity index (χ1) is 5.84. The lowest BCUT2D eigenvalue weighted by Crippen LogP contribution is -2.01. The second-order valence-electron chi connectivity index (χ2n) is 1.87. The summed E-state index contributed by atoms with van der Waals surface area (Å²) in [6.45, 7) is 0. The van der Waals surface area contributed by atoms with Gasteiger partial charge in [0, 0.05) is 24.5 Å². The fourth-order valence-corrected chi connectivity index (χ4v) is 1.95. The lowest BCUT2D eigenvalue weighted by Gasteiger charge is -2.02. The van der Waals surface area contributed by atoms with Gasteiger partial charge in [0.1, 0.15) is 0 Å². The van der Waals surface area contributed by atoms with Crippen LogP contribution in [0.1, 0.15) is 5.56 Å². The molecule has 0 bridgehead atoms. The lowest BCUT2D eigenvalue weighted by atomic mass is 10.3. The van der Waals surface area contributed by atoms with Crippen LogP contribution in [0.5, 0.6) is 0 Å². The van der Waals surface area contributed by atoms with E-state index in [0.717, 1.165) is 22.3 Å². The van der Waals surface area contributed by atoms with Crippen LogP contribution in [-0.4, -0.2) is 9.61 Å². The van der Waals surface area contributed by atoms with Crippen molar-refractivity contribution < 1.29 is 0 Å². The molecule has 3 nitrogen and oxygen atoms in total. The van der Waals surface area contributed by atoms with Gasteiger partial charge in [0.25, 0.3) is 0 Å². The number of nitrogens with zero attached hydrogens (tertiary/aromatic N) is 1. The molecular formula is C6H8N3PS2. The third kappa shape index (κ3) is 3.13. The van der Waals surface area contributed by atoms with Crippen LogP contribution in [0, 0.1) is 0 Å². The smallest absolute Gasteiger partial charge is 0.0507 e. The molecule has 0 aliphatic rings. The Balaban J connectivity index is 2.54. The van der Waals surface area contributed by atoms with E-state index in [4.69, 9.17) is 5.14 Å². The van der Waals surface area contributed by atoms with Crippen molar-refractivity contribution in [2.24, 2.45) is 5.14 Å². The van der Waals surface area contributed by atoms with Crippen molar-refractivity contribution >= 4 is 37.6 Å². The molecule has 6 heteroatoms. The number of nitrogens with two attached hydrogens (primary N) is 1. The van der Waals surface area contributed by atoms with E-state index in [1.165, 1.54) is 11.9 Å². The molecule has 0 saturated heterocycles. The minimum atomic E-state index is 0.982. The Morgan fingerprint density at radius 3 is 2.75 bits per heavy atom. The van der Waals surface area contributed by atoms with Gasteiger partial charge < -0.3 is 0 Å². The fraction of sp³-hybridized carbons (Fsp3) is 0. The SMILES string of the molecule is NSNSC(=P)c1ccncc1. The first kappa shape index (κ1) is 10.0. The Morgan fingerprint density at radius 2 is 2.17 bits per heavy atom. The van der Waals surface area contributed by atoms with E-state index in [0.29, 0.717) is 0 Å². The van der Waals surface area contributed by atoms with E-state index in [-0.39, 0.29) is 0 Å². The number of pyridine rings is 1. The summed E-state index contributed by atoms with van der Waals surface area (Å²) in [6, 6.07) is 3.83. The van der Waals surface area contributed by atoms with Gasteiger partial charge in [0.15, 0.2) is 0 Å². The van der Waals surface area contributed by atoms with Gasteiger partial charge in [-0.3, -0.25) is 10.1 Å². The van der Waals surface area contributed by atoms with Crippen molar-refractivity contribution in [3.8, 4) is 0 Å². The Morgan fingerprint density at radius 1 is 1.50 bits per heavy atom. The zero-order chi connectivity index (χ0) is 8.81. The van der Waals surface area contributed by atoms with Crippen LogP contribution in [0.4, 0.5) is 0 Å². The molecule has 0 atom stereocenters. The molecule has 64 valence electrons. The van der Waals surface area contributed by atoms with Gasteiger partial charge >= 0.3 is 0 Å². The van der Waals surface area contributed by atoms with Crippen LogP contribution in [-0.2, 0) is 0 Å². The van der Waals surface area contributed by atoms with Gasteiger partial charge in [0.2, 0.25) is 0 Å². The Bertz CT molecular complexity index is 254. The molecule has 0 saturated carbocycles. The first-order valence-electron chi connectivity index (χ1n) is 3.11. The average molecular weight is 217 g/mol. The van der Waals surface area contributed by atoms with Crippen molar-refractivity contribution in [1.29, 1.82) is 0 Å². The highest BCUT2D eigenvalue weighted by Crippen LogP contribution is 2.12. The molecule has 1 aromatic heterocycles. The summed E-state index contributed by atoms with van der Waals surface area (Å²) in [7, 11) is 3.46. The summed E-state index contributed by atoms with van der Waals surface area (Å²) in [6.07, 6.45) is 3.48. The maximum atomic E-state index is 5.19. The number of aromatic nitrogens is 1. The van der Waals surface area contributed by atoms with Gasteiger partial charge in [-0.05, 0) is 29.6 Å². The summed E-state index contributed by atoms with van der Waals surface area (Å²) in [5.41, 5.74) is 1.08. The lowest BCUT2D eigenvalue weighted by molar-refractivity contribution is 1.33. The zero-order valence-electron chi connectivity index (χ0n) is 6.15. The first-order valence-corrected chi connectivity index (χ1v) is 5.30. The average Bonchev–Trinajstić information content (AvgIpc) is 2.15. The van der Waals surface area contributed by atoms with Crippen molar-refractivity contribution in [1.82, 2.24) is 9.11 Å². The largest absolute Gasteiger partial charge is 0.265 e. The molecule has 0 fully saturated rings. The minimum Gasteiger partial charge on any atom is -0.265 e. The molecule has 0 aliphatic heterocycles. The summed E-state index contributed by atoms with van der Waals surface area (Å²) < 4.78 is 3.83. The molecule has 3 N–H and O–H groups in total. The summed E-state index contributed by atoms with van der Waals surface area (Å²) >= 11 is 2.49. The van der Waals surface area contributed by atoms with Crippen molar-refractivity contribution in [3.05, 3.63) is 30.1 Å². The molecule has 12 heavy (non-hydrogen) atoms. The predicted octanol–water partition coefficient (Wildman–Crippen LogP) is 1.46. The molecule has 0 aliphatic carbocycles. The normalized spacial score (nSPS) is 9.75. The summed E-state index contributed by atoms with van der Waals surface area (Å²) in [5, 5.41) is 5.19. The van der Waals surface area contributed by atoms with Crippen molar-refractivity contribution in [3.63, 3.8) is 0 Å². The third-order valence-corrected chi connectivity index (χ3v) is 2.89. The monoisotopic (exact) mass is 217 g/mol. The second-order valence-corrected chi connectivity index (χ2v) is 4.25. The van der Waals surface area contributed by atoms with E-state index in [9.17, 15) is 0 Å². The third-order valence-electron chi connectivity index (χ3n) is 1.13. The number of nitrogens with one attached hydrogen (secondary N) is 1. The molecule has 0 unspecified atom stereocenters. The molecule has 1 heterocycles. The fourth-order valence-electron chi connectivity index (χ4n) is 0.628. The van der Waals surface area contributed by atoms with Crippen LogP contribution in [0.15, 0.2) is 24.5 Å². The van der Waals surface area contributed by atoms with E-state index >= 15 is 0 Å². The van der Waals surface area contributed by atoms with Gasteiger partial charge in [0.05, 0.1) is 4.63 Å². The van der Waals surface area contributed by atoms with Gasteiger partial charge in [-0.15, -0.1) is 8.86 Å². The van der Waals surface area contributed by atoms with E-state index < -0.39 is 0 Å². The zero-order valence-corrected chi connectivity index (χ0v) is 8.78. The number of hydrogen-bond acceptors (Lipinski definition) is 5. The van der Waals surface area contributed by atoms with E-state index in [1.807, 2.05) is 12.1 Å². The second kappa shape index (κ2) is 5.56.